The molecule has 8 rings (SSSR count). The molecular weight excluding hydrogens is 865 g/mol. The molecule has 2 aromatic heterocycles. The van der Waals surface area contributed by atoms with Gasteiger partial charge in [-0.2, -0.15) is 0 Å². The molecule has 0 radical (unpaired) electrons. The molecule has 0 saturated heterocycles. The van der Waals surface area contributed by atoms with Gasteiger partial charge in [0.2, 0.25) is 10.0 Å². The number of nitrogens with one attached hydrogen (secondary N) is 3. The first kappa shape index (κ1) is 44.7. The number of methoxy groups -OCH3 is 2. The van der Waals surface area contributed by atoms with E-state index in [1.807, 2.05) is 18.2 Å². The maximum Gasteiger partial charge on any atom is 0.208 e. The van der Waals surface area contributed by atoms with Crippen molar-refractivity contribution in [3.8, 4) is 23.0 Å². The summed E-state index contributed by atoms with van der Waals surface area (Å²) in [6, 6.07) is 16.2. The number of nitrogens with zero attached hydrogens (tertiary/aromatic N) is 4. The highest BCUT2D eigenvalue weighted by molar-refractivity contribution is 7.88. The van der Waals surface area contributed by atoms with Crippen molar-refractivity contribution in [1.82, 2.24) is 24.7 Å². The summed E-state index contributed by atoms with van der Waals surface area (Å²) in [7, 11) is -0.0714. The summed E-state index contributed by atoms with van der Waals surface area (Å²) in [6.45, 7) is 0. The Hall–Kier alpha value is -5.33. The Morgan fingerprint density at radius 2 is 1.06 bits per heavy atom. The Morgan fingerprint density at radius 1 is 0.629 bits per heavy atom. The predicted molar refractivity (Wildman–Crippen MR) is 237 cm³/mol. The van der Waals surface area contributed by atoms with Crippen LogP contribution in [0.25, 0.3) is 21.8 Å². The highest BCUT2D eigenvalue weighted by Crippen LogP contribution is 2.39. The molecule has 14 nitrogen and oxygen atoms in total. The molecule has 2 fully saturated rings. The summed E-state index contributed by atoms with van der Waals surface area (Å²) >= 11 is 11.8. The first-order chi connectivity index (χ1) is 29.7. The molecule has 2 heterocycles. The van der Waals surface area contributed by atoms with Gasteiger partial charge in [-0.15, -0.1) is 0 Å². The average molecular weight is 912 g/mol. The summed E-state index contributed by atoms with van der Waals surface area (Å²) in [4.78, 5) is 17.3. The zero-order chi connectivity index (χ0) is 44.0. The second-order valence-electron chi connectivity index (χ2n) is 15.1. The largest absolute Gasteiger partial charge is 0.493 e. The third kappa shape index (κ3) is 11.4. The van der Waals surface area contributed by atoms with E-state index in [0.717, 1.165) is 31.1 Å². The second-order valence-corrected chi connectivity index (χ2v) is 17.7. The first-order valence-corrected chi connectivity index (χ1v) is 22.6. The zero-order valence-electron chi connectivity index (χ0n) is 34.1. The number of rotatable bonds is 12. The van der Waals surface area contributed by atoms with E-state index < -0.39 is 21.7 Å². The van der Waals surface area contributed by atoms with Crippen LogP contribution in [0.1, 0.15) is 51.4 Å². The molecular formula is C43H46Cl2F2N8O6S. The van der Waals surface area contributed by atoms with E-state index in [9.17, 15) is 17.2 Å². The van der Waals surface area contributed by atoms with Gasteiger partial charge in [0.1, 0.15) is 35.9 Å². The van der Waals surface area contributed by atoms with Gasteiger partial charge in [0.25, 0.3) is 0 Å². The number of benzene rings is 4. The molecule has 0 bridgehead atoms. The standard InChI is InChI=1S/C22H24ClFN4O4S.C21H22ClFN4O2/c1-31-20-11-19-16(22(26-12-25-19)27-14-5-8-18(24)17(23)9-14)10-21(20)32-15-6-3-13(4-7-15)28-33(2,29)30;1-28-19-10-18-15(9-20(19)29-14-5-2-12(24)3-6-14)21(26-11-25-18)27-13-4-7-17(23)16(22)8-13/h5,8-13,15,28H,3-4,6-7H2,1-2H3,(H,25,26,27);4,7-12,14H,2-3,5-6,24H2,1H3,(H,25,26,27)/t13-,15-;12-,14-. The van der Waals surface area contributed by atoms with Crippen molar-refractivity contribution in [1.29, 1.82) is 0 Å². The summed E-state index contributed by atoms with van der Waals surface area (Å²) in [5, 5.41) is 7.82. The van der Waals surface area contributed by atoms with Crippen LogP contribution in [0.4, 0.5) is 31.8 Å². The molecule has 19 heteroatoms. The Bertz CT molecular complexity index is 2650. The van der Waals surface area contributed by atoms with E-state index in [2.05, 4.69) is 35.3 Å². The molecule has 0 aliphatic heterocycles. The van der Waals surface area contributed by atoms with E-state index in [0.29, 0.717) is 88.1 Å². The van der Waals surface area contributed by atoms with Gasteiger partial charge in [-0.25, -0.2) is 41.9 Å². The fourth-order valence-corrected chi connectivity index (χ4v) is 8.62. The van der Waals surface area contributed by atoms with Gasteiger partial charge >= 0.3 is 0 Å². The lowest BCUT2D eigenvalue weighted by molar-refractivity contribution is 0.140. The molecule has 0 unspecified atom stereocenters. The number of aromatic nitrogens is 4. The quantitative estimate of drug-likeness (QED) is 0.0912. The van der Waals surface area contributed by atoms with Crippen LogP contribution in [0.2, 0.25) is 10.0 Å². The summed E-state index contributed by atoms with van der Waals surface area (Å²) < 4.78 is 76.1. The molecule has 2 aliphatic rings. The van der Waals surface area contributed by atoms with Gasteiger partial charge in [-0.3, -0.25) is 0 Å². The number of fused-ring (bicyclic) bond motifs is 2. The minimum atomic E-state index is -3.23. The molecule has 5 N–H and O–H groups in total. The summed E-state index contributed by atoms with van der Waals surface area (Å²) in [5.74, 6) is 2.42. The number of nitrogens with two attached hydrogens (primary N) is 1. The van der Waals surface area contributed by atoms with Gasteiger partial charge in [-0.05, 0) is 99.9 Å². The van der Waals surface area contributed by atoms with E-state index >= 15 is 0 Å². The van der Waals surface area contributed by atoms with Crippen LogP contribution in [0.15, 0.2) is 73.3 Å². The second kappa shape index (κ2) is 19.8. The minimum absolute atomic E-state index is 0.00465. The number of anilines is 4. The highest BCUT2D eigenvalue weighted by Gasteiger charge is 2.26. The molecule has 328 valence electrons. The van der Waals surface area contributed by atoms with Gasteiger partial charge in [0.15, 0.2) is 23.0 Å². The number of ether oxygens (including phenoxy) is 4. The normalized spacial score (nSPS) is 19.0. The van der Waals surface area contributed by atoms with E-state index in [4.69, 9.17) is 47.9 Å². The van der Waals surface area contributed by atoms with Crippen LogP contribution in [-0.4, -0.2) is 73.1 Å². The Balaban J connectivity index is 0.000000188. The Kier molecular flexibility index (Phi) is 14.3. The molecule has 4 aromatic carbocycles. The van der Waals surface area contributed by atoms with Crippen LogP contribution in [-0.2, 0) is 10.0 Å². The number of hydrogen-bond donors (Lipinski definition) is 4. The minimum Gasteiger partial charge on any atom is -0.493 e. The molecule has 0 spiro atoms. The molecule has 2 aliphatic carbocycles. The monoisotopic (exact) mass is 910 g/mol. The summed E-state index contributed by atoms with van der Waals surface area (Å²) in [5.41, 5.74) is 8.54. The predicted octanol–water partition coefficient (Wildman–Crippen LogP) is 9.24. The van der Waals surface area contributed by atoms with E-state index in [1.54, 1.807) is 32.4 Å². The van der Waals surface area contributed by atoms with Gasteiger partial charge in [0, 0.05) is 46.4 Å². The van der Waals surface area contributed by atoms with Gasteiger partial charge in [-0.1, -0.05) is 23.2 Å². The fourth-order valence-electron chi connectivity index (χ4n) is 7.42. The first-order valence-electron chi connectivity index (χ1n) is 19.9. The summed E-state index contributed by atoms with van der Waals surface area (Å²) in [6.07, 6.45) is 10.6. The SMILES string of the molecule is COc1cc2ncnc(Nc3ccc(F)c(Cl)c3)c2cc1O[C@H]1CC[C@H](N)CC1.COc1cc2ncnc(Nc3ccc(F)c(Cl)c3)c2cc1O[C@H]1CC[C@H](NS(C)(=O)=O)CC1. The van der Waals surface area contributed by atoms with Crippen molar-refractivity contribution in [2.45, 2.75) is 75.7 Å². The number of hydrogen-bond acceptors (Lipinski definition) is 13. The topological polar surface area (TPSA) is 185 Å². The molecule has 6 aromatic rings. The van der Waals surface area contributed by atoms with Crippen LogP contribution in [0, 0.1) is 11.6 Å². The Labute approximate surface area is 367 Å². The lowest BCUT2D eigenvalue weighted by Crippen LogP contribution is -2.39. The van der Waals surface area contributed by atoms with Crippen LogP contribution >= 0.6 is 23.2 Å². The van der Waals surface area contributed by atoms with Crippen molar-refractivity contribution in [2.75, 3.05) is 31.1 Å². The molecule has 0 amide bonds. The third-order valence-electron chi connectivity index (χ3n) is 10.6. The van der Waals surface area contributed by atoms with E-state index in [1.165, 1.54) is 43.2 Å². The van der Waals surface area contributed by atoms with Crippen LogP contribution < -0.4 is 40.0 Å². The van der Waals surface area contributed by atoms with Crippen molar-refractivity contribution in [2.24, 2.45) is 5.73 Å². The maximum atomic E-state index is 13.5. The number of sulfonamides is 1. The smallest absolute Gasteiger partial charge is 0.208 e. The molecule has 0 atom stereocenters. The van der Waals surface area contributed by atoms with Gasteiger partial charge < -0.3 is 35.3 Å². The zero-order valence-corrected chi connectivity index (χ0v) is 36.5. The van der Waals surface area contributed by atoms with Crippen LogP contribution in [0.3, 0.4) is 0 Å². The average Bonchev–Trinajstić information content (AvgIpc) is 3.24. The van der Waals surface area contributed by atoms with Crippen molar-refractivity contribution in [3.05, 3.63) is 95.0 Å². The molecule has 2 saturated carbocycles. The maximum absolute atomic E-state index is 13.5. The van der Waals surface area contributed by atoms with E-state index in [-0.39, 0.29) is 34.3 Å². The van der Waals surface area contributed by atoms with Crippen molar-refractivity contribution >= 4 is 78.0 Å². The fraction of sp³-hybridized carbons (Fsp3) is 0.349. The van der Waals surface area contributed by atoms with Crippen molar-refractivity contribution in [3.63, 3.8) is 0 Å². The van der Waals surface area contributed by atoms with Crippen molar-refractivity contribution < 1.29 is 36.1 Å². The van der Waals surface area contributed by atoms with Crippen LogP contribution in [0.5, 0.6) is 23.0 Å². The highest BCUT2D eigenvalue weighted by atomic mass is 35.5. The lowest BCUT2D eigenvalue weighted by Gasteiger charge is -2.29. The van der Waals surface area contributed by atoms with Gasteiger partial charge in [0.05, 0.1) is 53.8 Å². The molecule has 62 heavy (non-hydrogen) atoms. The lowest BCUT2D eigenvalue weighted by atomic mass is 9.93. The third-order valence-corrected chi connectivity index (χ3v) is 11.9. The number of halogens is 4. The Morgan fingerprint density at radius 3 is 1.47 bits per heavy atom.